The summed E-state index contributed by atoms with van der Waals surface area (Å²) in [5, 5.41) is 0. The van der Waals surface area contributed by atoms with Crippen LogP contribution < -0.4 is 9.64 Å². The summed E-state index contributed by atoms with van der Waals surface area (Å²) in [5.41, 5.74) is 1.11. The molecule has 2 aromatic rings. The molecule has 0 amide bonds. The predicted molar refractivity (Wildman–Crippen MR) is 74.8 cm³/mol. The largest absolute Gasteiger partial charge is 0.472 e. The molecule has 0 N–H and O–H groups in total. The van der Waals surface area contributed by atoms with Crippen molar-refractivity contribution >= 4 is 21.9 Å². The van der Waals surface area contributed by atoms with Gasteiger partial charge in [-0.1, -0.05) is 30.3 Å². The molecule has 2 rings (SSSR count). The van der Waals surface area contributed by atoms with Gasteiger partial charge < -0.3 is 9.64 Å². The number of aromatic nitrogens is 2. The molecule has 0 atom stereocenters. The first-order chi connectivity index (χ1) is 8.66. The number of hydrogen-bond acceptors (Lipinski definition) is 4. The zero-order valence-electron chi connectivity index (χ0n) is 10.3. The van der Waals surface area contributed by atoms with Gasteiger partial charge in [-0.15, -0.1) is 0 Å². The molecule has 0 aliphatic carbocycles. The molecule has 0 saturated heterocycles. The van der Waals surface area contributed by atoms with Crippen molar-refractivity contribution < 1.29 is 4.74 Å². The first kappa shape index (κ1) is 12.8. The fourth-order valence-corrected chi connectivity index (χ4v) is 1.69. The highest BCUT2D eigenvalue weighted by Crippen LogP contribution is 2.24. The van der Waals surface area contributed by atoms with Gasteiger partial charge in [0, 0.05) is 14.1 Å². The fourth-order valence-electron chi connectivity index (χ4n) is 1.39. The molecule has 4 nitrogen and oxygen atoms in total. The van der Waals surface area contributed by atoms with E-state index in [1.807, 2.05) is 49.3 Å². The van der Waals surface area contributed by atoms with Crippen molar-refractivity contribution in [3.63, 3.8) is 0 Å². The van der Waals surface area contributed by atoms with Crippen LogP contribution in [0.1, 0.15) is 5.56 Å². The Morgan fingerprint density at radius 3 is 2.61 bits per heavy atom. The van der Waals surface area contributed by atoms with Crippen molar-refractivity contribution in [3.8, 4) is 5.88 Å². The van der Waals surface area contributed by atoms with Crippen molar-refractivity contribution in [2.24, 2.45) is 0 Å². The molecule has 18 heavy (non-hydrogen) atoms. The molecule has 0 saturated carbocycles. The Kier molecular flexibility index (Phi) is 4.15. The van der Waals surface area contributed by atoms with Crippen LogP contribution in [0.2, 0.25) is 0 Å². The van der Waals surface area contributed by atoms with Gasteiger partial charge in [0.2, 0.25) is 11.8 Å². The summed E-state index contributed by atoms with van der Waals surface area (Å²) in [4.78, 5) is 10.3. The van der Waals surface area contributed by atoms with E-state index >= 15 is 0 Å². The summed E-state index contributed by atoms with van der Waals surface area (Å²) < 4.78 is 6.44. The van der Waals surface area contributed by atoms with Gasteiger partial charge in [0.05, 0.1) is 10.7 Å². The minimum Gasteiger partial charge on any atom is -0.472 e. The topological polar surface area (TPSA) is 38.2 Å². The first-order valence-corrected chi connectivity index (χ1v) is 6.32. The molecule has 0 aliphatic heterocycles. The van der Waals surface area contributed by atoms with Crippen molar-refractivity contribution in [2.45, 2.75) is 6.61 Å². The lowest BCUT2D eigenvalue weighted by atomic mass is 10.2. The van der Waals surface area contributed by atoms with Crippen molar-refractivity contribution in [2.75, 3.05) is 19.0 Å². The molecule has 0 bridgehead atoms. The molecule has 0 radical (unpaired) electrons. The average Bonchev–Trinajstić information content (AvgIpc) is 2.38. The number of rotatable bonds is 4. The Balaban J connectivity index is 2.11. The summed E-state index contributed by atoms with van der Waals surface area (Å²) in [5.74, 6) is 1.18. The van der Waals surface area contributed by atoms with E-state index in [0.717, 1.165) is 10.0 Å². The lowest BCUT2D eigenvalue weighted by molar-refractivity contribution is 0.291. The van der Waals surface area contributed by atoms with Gasteiger partial charge in [-0.25, -0.2) is 4.98 Å². The van der Waals surface area contributed by atoms with Gasteiger partial charge in [-0.2, -0.15) is 4.98 Å². The molecule has 1 heterocycles. The van der Waals surface area contributed by atoms with Crippen molar-refractivity contribution in [3.05, 3.63) is 46.6 Å². The number of anilines is 1. The summed E-state index contributed by atoms with van der Waals surface area (Å²) in [6.45, 7) is 0.489. The second-order valence-corrected chi connectivity index (χ2v) is 4.85. The highest BCUT2D eigenvalue weighted by atomic mass is 79.9. The highest BCUT2D eigenvalue weighted by molar-refractivity contribution is 9.10. The molecule has 94 valence electrons. The molecule has 1 aromatic heterocycles. The normalized spacial score (nSPS) is 10.2. The molecule has 1 aromatic carbocycles. The lowest BCUT2D eigenvalue weighted by Gasteiger charge is -2.12. The molecule has 0 spiro atoms. The smallest absolute Gasteiger partial charge is 0.233 e. The Hall–Kier alpha value is -1.62. The van der Waals surface area contributed by atoms with E-state index < -0.39 is 0 Å². The quantitative estimate of drug-likeness (QED) is 0.870. The van der Waals surface area contributed by atoms with E-state index in [-0.39, 0.29) is 0 Å². The number of halogens is 1. The van der Waals surface area contributed by atoms with E-state index in [1.54, 1.807) is 6.20 Å². The van der Waals surface area contributed by atoms with Gasteiger partial charge >= 0.3 is 0 Å². The van der Waals surface area contributed by atoms with Crippen LogP contribution in [0.25, 0.3) is 0 Å². The monoisotopic (exact) mass is 307 g/mol. The first-order valence-electron chi connectivity index (χ1n) is 5.53. The van der Waals surface area contributed by atoms with Gasteiger partial charge in [-0.05, 0) is 21.5 Å². The molecule has 0 aliphatic rings. The lowest BCUT2D eigenvalue weighted by Crippen LogP contribution is -2.13. The SMILES string of the molecule is CN(C)c1ncc(Br)c(OCc2ccccc2)n1. The maximum atomic E-state index is 5.69. The Labute approximate surface area is 115 Å². The summed E-state index contributed by atoms with van der Waals surface area (Å²) in [6, 6.07) is 9.98. The highest BCUT2D eigenvalue weighted by Gasteiger charge is 2.07. The van der Waals surface area contributed by atoms with Crippen LogP contribution in [0.3, 0.4) is 0 Å². The van der Waals surface area contributed by atoms with Crippen molar-refractivity contribution in [1.29, 1.82) is 0 Å². The van der Waals surface area contributed by atoms with E-state index in [2.05, 4.69) is 25.9 Å². The Morgan fingerprint density at radius 2 is 1.94 bits per heavy atom. The van der Waals surface area contributed by atoms with Crippen LogP contribution >= 0.6 is 15.9 Å². The minimum atomic E-state index is 0.489. The van der Waals surface area contributed by atoms with E-state index in [9.17, 15) is 0 Å². The minimum absolute atomic E-state index is 0.489. The number of nitrogens with zero attached hydrogens (tertiary/aromatic N) is 3. The zero-order valence-corrected chi connectivity index (χ0v) is 11.9. The summed E-state index contributed by atoms with van der Waals surface area (Å²) >= 11 is 3.38. The molecule has 5 heteroatoms. The second kappa shape index (κ2) is 5.82. The van der Waals surface area contributed by atoms with Crippen LogP contribution in [0.4, 0.5) is 5.95 Å². The number of ether oxygens (including phenoxy) is 1. The number of hydrogen-bond donors (Lipinski definition) is 0. The van der Waals surface area contributed by atoms with E-state index in [1.165, 1.54) is 0 Å². The summed E-state index contributed by atoms with van der Waals surface area (Å²) in [7, 11) is 3.79. The third-order valence-electron chi connectivity index (χ3n) is 2.32. The van der Waals surface area contributed by atoms with Gasteiger partial charge in [-0.3, -0.25) is 0 Å². The average molecular weight is 308 g/mol. The third-order valence-corrected chi connectivity index (χ3v) is 2.86. The van der Waals surface area contributed by atoms with Gasteiger partial charge in [0.1, 0.15) is 6.61 Å². The summed E-state index contributed by atoms with van der Waals surface area (Å²) in [6.07, 6.45) is 1.70. The predicted octanol–water partition coefficient (Wildman–Crippen LogP) is 2.88. The van der Waals surface area contributed by atoms with E-state index in [0.29, 0.717) is 18.4 Å². The fraction of sp³-hybridized carbons (Fsp3) is 0.231. The van der Waals surface area contributed by atoms with Crippen LogP contribution in [0.15, 0.2) is 41.0 Å². The molecule has 0 unspecified atom stereocenters. The van der Waals surface area contributed by atoms with Crippen LogP contribution in [-0.4, -0.2) is 24.1 Å². The number of benzene rings is 1. The zero-order chi connectivity index (χ0) is 13.0. The van der Waals surface area contributed by atoms with Crippen LogP contribution in [0, 0.1) is 0 Å². The second-order valence-electron chi connectivity index (χ2n) is 3.99. The molecular formula is C13H14BrN3O. The van der Waals surface area contributed by atoms with Crippen molar-refractivity contribution in [1.82, 2.24) is 9.97 Å². The Morgan fingerprint density at radius 1 is 1.22 bits per heavy atom. The molecular weight excluding hydrogens is 294 g/mol. The maximum absolute atomic E-state index is 5.69. The van der Waals surface area contributed by atoms with Gasteiger partial charge in [0.15, 0.2) is 0 Å². The maximum Gasteiger partial charge on any atom is 0.233 e. The molecule has 0 fully saturated rings. The Bertz CT molecular complexity index is 517. The van der Waals surface area contributed by atoms with E-state index in [4.69, 9.17) is 4.74 Å². The van der Waals surface area contributed by atoms with Crippen LogP contribution in [-0.2, 0) is 6.61 Å². The standard InChI is InChI=1S/C13H14BrN3O/c1-17(2)13-15-8-11(14)12(16-13)18-9-10-6-4-3-5-7-10/h3-8H,9H2,1-2H3. The van der Waals surface area contributed by atoms with Crippen LogP contribution in [0.5, 0.6) is 5.88 Å². The van der Waals surface area contributed by atoms with Gasteiger partial charge in [0.25, 0.3) is 0 Å². The third kappa shape index (κ3) is 3.20.